The largest absolute Gasteiger partial charge is 0.545 e. The van der Waals surface area contributed by atoms with Crippen molar-refractivity contribution in [3.05, 3.63) is 70.9 Å². The van der Waals surface area contributed by atoms with E-state index in [0.29, 0.717) is 22.0 Å². The third-order valence-electron chi connectivity index (χ3n) is 3.38. The number of carbonyl (C=O) groups is 1. The molecule has 0 saturated carbocycles. The second-order valence-corrected chi connectivity index (χ2v) is 5.29. The van der Waals surface area contributed by atoms with E-state index in [4.69, 9.17) is 11.6 Å². The molecular formula is C17H12ClN2O2-. The predicted octanol–water partition coefficient (Wildman–Crippen LogP) is 2.86. The number of benzene rings is 2. The van der Waals surface area contributed by atoms with Gasteiger partial charge in [0.1, 0.15) is 0 Å². The Hall–Kier alpha value is -2.59. The van der Waals surface area contributed by atoms with Crippen molar-refractivity contribution in [1.29, 1.82) is 0 Å². The van der Waals surface area contributed by atoms with Gasteiger partial charge in [0, 0.05) is 16.1 Å². The first-order chi connectivity index (χ1) is 10.6. The zero-order valence-electron chi connectivity index (χ0n) is 11.8. The summed E-state index contributed by atoms with van der Waals surface area (Å²) in [5.41, 5.74) is 2.48. The van der Waals surface area contributed by atoms with Gasteiger partial charge in [0.05, 0.1) is 23.0 Å². The van der Waals surface area contributed by atoms with Crippen LogP contribution in [0.4, 0.5) is 0 Å². The number of carboxylic acid groups (broad SMARTS) is 1. The van der Waals surface area contributed by atoms with Crippen molar-refractivity contribution >= 4 is 17.6 Å². The molecule has 110 valence electrons. The Bertz CT molecular complexity index is 824. The summed E-state index contributed by atoms with van der Waals surface area (Å²) in [6.45, 7) is 1.66. The fourth-order valence-electron chi connectivity index (χ4n) is 2.40. The third kappa shape index (κ3) is 2.49. The van der Waals surface area contributed by atoms with Crippen molar-refractivity contribution in [2.24, 2.45) is 0 Å². The molecule has 22 heavy (non-hydrogen) atoms. The summed E-state index contributed by atoms with van der Waals surface area (Å²) in [6, 6.07) is 16.3. The summed E-state index contributed by atoms with van der Waals surface area (Å²) in [5.74, 6) is -1.25. The first-order valence-electron chi connectivity index (χ1n) is 6.70. The van der Waals surface area contributed by atoms with Gasteiger partial charge in [0.25, 0.3) is 0 Å². The van der Waals surface area contributed by atoms with Crippen molar-refractivity contribution in [1.82, 2.24) is 9.78 Å². The SMILES string of the molecule is Cc1nn(-c2ccccc2)c(-c2ccc(Cl)cc2)c1C(=O)[O-]. The summed E-state index contributed by atoms with van der Waals surface area (Å²) in [4.78, 5) is 11.5. The summed E-state index contributed by atoms with van der Waals surface area (Å²) < 4.78 is 1.61. The molecule has 5 heteroatoms. The second kappa shape index (κ2) is 5.66. The smallest absolute Gasteiger partial charge is 0.0834 e. The molecule has 0 aliphatic rings. The van der Waals surface area contributed by atoms with E-state index >= 15 is 0 Å². The number of nitrogens with zero attached hydrogens (tertiary/aromatic N) is 2. The predicted molar refractivity (Wildman–Crippen MR) is 83.1 cm³/mol. The van der Waals surface area contributed by atoms with Gasteiger partial charge in [-0.3, -0.25) is 0 Å². The summed E-state index contributed by atoms with van der Waals surface area (Å²) >= 11 is 5.91. The molecule has 0 aliphatic heterocycles. The summed E-state index contributed by atoms with van der Waals surface area (Å²) in [6.07, 6.45) is 0. The molecule has 0 unspecified atom stereocenters. The lowest BCUT2D eigenvalue weighted by molar-refractivity contribution is -0.255. The topological polar surface area (TPSA) is 58.0 Å². The zero-order valence-corrected chi connectivity index (χ0v) is 12.5. The van der Waals surface area contributed by atoms with Crippen molar-refractivity contribution in [2.75, 3.05) is 0 Å². The van der Waals surface area contributed by atoms with Gasteiger partial charge in [-0.25, -0.2) is 4.68 Å². The highest BCUT2D eigenvalue weighted by Gasteiger charge is 2.18. The summed E-state index contributed by atoms with van der Waals surface area (Å²) in [7, 11) is 0. The van der Waals surface area contributed by atoms with Crippen LogP contribution in [0, 0.1) is 6.92 Å². The zero-order chi connectivity index (χ0) is 15.7. The lowest BCUT2D eigenvalue weighted by atomic mass is 10.1. The average molecular weight is 312 g/mol. The number of hydrogen-bond acceptors (Lipinski definition) is 3. The second-order valence-electron chi connectivity index (χ2n) is 4.85. The molecule has 3 aromatic rings. The van der Waals surface area contributed by atoms with Crippen LogP contribution in [0.2, 0.25) is 5.02 Å². The first-order valence-corrected chi connectivity index (χ1v) is 7.08. The Kier molecular flexibility index (Phi) is 3.69. The molecule has 2 aromatic carbocycles. The lowest BCUT2D eigenvalue weighted by Gasteiger charge is -2.11. The van der Waals surface area contributed by atoms with Gasteiger partial charge in [-0.2, -0.15) is 5.10 Å². The van der Waals surface area contributed by atoms with E-state index in [2.05, 4.69) is 5.10 Å². The number of aromatic nitrogens is 2. The number of rotatable bonds is 3. The highest BCUT2D eigenvalue weighted by Crippen LogP contribution is 2.29. The summed E-state index contributed by atoms with van der Waals surface area (Å²) in [5, 5.41) is 16.5. The van der Waals surface area contributed by atoms with Gasteiger partial charge < -0.3 is 9.90 Å². The molecule has 0 saturated heterocycles. The molecule has 0 N–H and O–H groups in total. The molecule has 4 nitrogen and oxygen atoms in total. The van der Waals surface area contributed by atoms with Crippen LogP contribution in [0.15, 0.2) is 54.6 Å². The van der Waals surface area contributed by atoms with Crippen LogP contribution in [-0.4, -0.2) is 15.7 Å². The maximum atomic E-state index is 11.5. The fraction of sp³-hybridized carbons (Fsp3) is 0.0588. The number of aryl methyl sites for hydroxylation is 1. The van der Waals surface area contributed by atoms with Crippen LogP contribution in [-0.2, 0) is 0 Å². The van der Waals surface area contributed by atoms with E-state index in [1.807, 2.05) is 30.3 Å². The van der Waals surface area contributed by atoms with Crippen LogP contribution in [0.3, 0.4) is 0 Å². The van der Waals surface area contributed by atoms with Crippen LogP contribution in [0.25, 0.3) is 16.9 Å². The van der Waals surface area contributed by atoms with E-state index in [0.717, 1.165) is 5.69 Å². The standard InChI is InChI=1S/C17H13ClN2O2/c1-11-15(17(21)22)16(12-7-9-13(18)10-8-12)20(19-11)14-5-3-2-4-6-14/h2-10H,1H3,(H,21,22)/p-1. The van der Waals surface area contributed by atoms with E-state index in [1.54, 1.807) is 35.9 Å². The van der Waals surface area contributed by atoms with Crippen LogP contribution in [0.5, 0.6) is 0 Å². The number of carboxylic acids is 1. The number of halogens is 1. The highest BCUT2D eigenvalue weighted by atomic mass is 35.5. The molecule has 0 bridgehead atoms. The Balaban J connectivity index is 2.30. The number of carbonyl (C=O) groups excluding carboxylic acids is 1. The van der Waals surface area contributed by atoms with Gasteiger partial charge in [0.15, 0.2) is 0 Å². The van der Waals surface area contributed by atoms with Gasteiger partial charge in [-0.15, -0.1) is 0 Å². The molecule has 0 radical (unpaired) electrons. The van der Waals surface area contributed by atoms with Crippen LogP contribution < -0.4 is 5.11 Å². The lowest BCUT2D eigenvalue weighted by Crippen LogP contribution is -2.23. The molecular weight excluding hydrogens is 300 g/mol. The van der Waals surface area contributed by atoms with Crippen LogP contribution >= 0.6 is 11.6 Å². The average Bonchev–Trinajstić information content (AvgIpc) is 2.86. The van der Waals surface area contributed by atoms with Crippen molar-refractivity contribution in [2.45, 2.75) is 6.92 Å². The van der Waals surface area contributed by atoms with Crippen molar-refractivity contribution < 1.29 is 9.90 Å². The minimum atomic E-state index is -1.25. The fourth-order valence-corrected chi connectivity index (χ4v) is 2.53. The van der Waals surface area contributed by atoms with Gasteiger partial charge in [0.2, 0.25) is 0 Å². The van der Waals surface area contributed by atoms with Gasteiger partial charge in [-0.1, -0.05) is 41.9 Å². The number of aromatic carboxylic acids is 1. The Labute approximate surface area is 132 Å². The normalized spacial score (nSPS) is 10.6. The van der Waals surface area contributed by atoms with E-state index in [1.165, 1.54) is 0 Å². The minimum absolute atomic E-state index is 0.0891. The molecule has 1 aromatic heterocycles. The number of hydrogen-bond donors (Lipinski definition) is 0. The van der Waals surface area contributed by atoms with Crippen molar-refractivity contribution in [3.63, 3.8) is 0 Å². The Morgan fingerprint density at radius 3 is 2.32 bits per heavy atom. The monoisotopic (exact) mass is 311 g/mol. The van der Waals surface area contributed by atoms with Crippen LogP contribution in [0.1, 0.15) is 16.1 Å². The quantitative estimate of drug-likeness (QED) is 0.747. The molecule has 3 rings (SSSR count). The molecule has 0 fully saturated rings. The highest BCUT2D eigenvalue weighted by molar-refractivity contribution is 6.30. The molecule has 0 atom stereocenters. The van der Waals surface area contributed by atoms with E-state index in [9.17, 15) is 9.90 Å². The maximum Gasteiger partial charge on any atom is 0.0834 e. The van der Waals surface area contributed by atoms with Gasteiger partial charge >= 0.3 is 0 Å². The number of para-hydroxylation sites is 1. The van der Waals surface area contributed by atoms with E-state index < -0.39 is 5.97 Å². The molecule has 0 spiro atoms. The molecule has 0 aliphatic carbocycles. The van der Waals surface area contributed by atoms with Gasteiger partial charge in [-0.05, 0) is 31.2 Å². The Morgan fingerprint density at radius 2 is 1.73 bits per heavy atom. The first kappa shape index (κ1) is 14.4. The van der Waals surface area contributed by atoms with Crippen molar-refractivity contribution in [3.8, 4) is 16.9 Å². The van der Waals surface area contributed by atoms with E-state index in [-0.39, 0.29) is 5.56 Å². The molecule has 1 heterocycles. The Morgan fingerprint density at radius 1 is 1.09 bits per heavy atom. The maximum absolute atomic E-state index is 11.5. The molecule has 0 amide bonds. The minimum Gasteiger partial charge on any atom is -0.545 e. The third-order valence-corrected chi connectivity index (χ3v) is 3.63.